The van der Waals surface area contributed by atoms with Gasteiger partial charge in [-0.25, -0.2) is 11.9 Å². The van der Waals surface area contributed by atoms with Crippen molar-refractivity contribution in [2.75, 3.05) is 0 Å². The molecule has 0 spiro atoms. The molecule has 0 saturated carbocycles. The second kappa shape index (κ2) is 13.3. The number of rotatable bonds is 3. The van der Waals surface area contributed by atoms with Crippen LogP contribution < -0.4 is 0 Å². The number of hydrogen-bond donors (Lipinski definition) is 0. The molecule has 0 aliphatic rings. The molecule has 0 saturated heterocycles. The summed E-state index contributed by atoms with van der Waals surface area (Å²) in [6.07, 6.45) is -4.71. The minimum absolute atomic E-state index is 0.0966. The third-order valence-corrected chi connectivity index (χ3v) is 5.70. The second-order valence-electron chi connectivity index (χ2n) is 7.46. The quantitative estimate of drug-likeness (QED) is 0.0839. The Morgan fingerprint density at radius 2 is 1.29 bits per heavy atom. The number of benzene rings is 3. The fraction of sp³-hybridized carbons (Fsp3) is 0.0769. The van der Waals surface area contributed by atoms with Crippen LogP contribution in [0.3, 0.4) is 0 Å². The van der Waals surface area contributed by atoms with Gasteiger partial charge < -0.3 is 4.72 Å². The molecule has 38 heavy (non-hydrogen) atoms. The van der Waals surface area contributed by atoms with Crippen LogP contribution in [0.25, 0.3) is 26.4 Å². The van der Waals surface area contributed by atoms with Crippen LogP contribution in [0.5, 0.6) is 0 Å². The Kier molecular flexibility index (Phi) is 10.4. The van der Waals surface area contributed by atoms with Gasteiger partial charge in [-0.3, -0.25) is 9.97 Å². The third kappa shape index (κ3) is 7.84. The van der Waals surface area contributed by atoms with Crippen LogP contribution in [0.4, 0.5) is 32.0 Å². The molecule has 0 aliphatic heterocycles. The molecule has 0 amide bonds. The van der Waals surface area contributed by atoms with Gasteiger partial charge in [-0.05, 0) is 52.1 Å². The molecule has 2 heterocycles. The minimum Gasteiger partial charge on any atom is -0.265 e. The zero-order valence-electron chi connectivity index (χ0n) is 18.9. The Hall–Kier alpha value is -2.84. The molecule has 2 aromatic heterocycles. The number of aromatic nitrogens is 2. The minimum atomic E-state index is -4.91. The van der Waals surface area contributed by atoms with Gasteiger partial charge >= 0.3 is 40.1 Å². The van der Waals surface area contributed by atoms with Crippen molar-refractivity contribution in [1.82, 2.24) is 9.97 Å². The SMILES string of the molecule is FC(F)(F)c1cc(S[N-]c2cccc3ccc4cccnc4c23)cc(C(F)(F)F)c1.[Cl][Pd+].c1ccncc1. The summed E-state index contributed by atoms with van der Waals surface area (Å²) in [5.74, 6) is 0. The van der Waals surface area contributed by atoms with E-state index in [1.54, 1.807) is 36.8 Å². The Morgan fingerprint density at radius 3 is 1.84 bits per heavy atom. The molecule has 12 heteroatoms. The molecule has 3 nitrogen and oxygen atoms in total. The topological polar surface area (TPSA) is 39.9 Å². The maximum Gasteiger partial charge on any atom is 0.0267 e. The Bertz CT molecular complexity index is 1420. The van der Waals surface area contributed by atoms with E-state index >= 15 is 0 Å². The Labute approximate surface area is 233 Å². The van der Waals surface area contributed by atoms with E-state index in [9.17, 15) is 26.3 Å². The van der Waals surface area contributed by atoms with Crippen LogP contribution in [-0.4, -0.2) is 9.97 Å². The van der Waals surface area contributed by atoms with Gasteiger partial charge in [-0.1, -0.05) is 42.5 Å². The molecule has 0 radical (unpaired) electrons. The van der Waals surface area contributed by atoms with Crippen molar-refractivity contribution in [3.8, 4) is 0 Å². The van der Waals surface area contributed by atoms with Crippen molar-refractivity contribution in [2.45, 2.75) is 17.2 Å². The number of nitrogens with zero attached hydrogens (tertiary/aromatic N) is 3. The Balaban J connectivity index is 0.000000434. The van der Waals surface area contributed by atoms with E-state index in [1.807, 2.05) is 42.5 Å². The summed E-state index contributed by atoms with van der Waals surface area (Å²) in [5, 5.41) is 2.32. The molecular weight excluding hydrogens is 642 g/mol. The summed E-state index contributed by atoms with van der Waals surface area (Å²) in [7, 11) is 4.49. The average molecular weight is 658 g/mol. The van der Waals surface area contributed by atoms with Crippen LogP contribution in [0.15, 0.2) is 102 Å². The monoisotopic (exact) mass is 657 g/mol. The van der Waals surface area contributed by atoms with Crippen LogP contribution in [0.1, 0.15) is 11.1 Å². The van der Waals surface area contributed by atoms with E-state index in [0.29, 0.717) is 40.7 Å². The van der Waals surface area contributed by atoms with Crippen LogP contribution in [0.2, 0.25) is 0 Å². The maximum absolute atomic E-state index is 13.1. The number of halogens is 7. The van der Waals surface area contributed by atoms with Gasteiger partial charge in [0.2, 0.25) is 0 Å². The number of fused-ring (bicyclic) bond motifs is 3. The van der Waals surface area contributed by atoms with Gasteiger partial charge in [0.25, 0.3) is 0 Å². The first-order valence-electron chi connectivity index (χ1n) is 10.5. The van der Waals surface area contributed by atoms with Gasteiger partial charge in [-0.15, -0.1) is 5.69 Å². The Morgan fingerprint density at radius 1 is 0.684 bits per heavy atom. The predicted molar refractivity (Wildman–Crippen MR) is 135 cm³/mol. The standard InChI is InChI=1S/C21H11F6N2S.C5H5N.ClH.Pd/c22-20(23,24)14-9-15(21(25,26)27)11-16(10-14)30-29-17-5-1-3-12-6-7-13-4-2-8-28-19(13)18(12)17;1-2-4-6-5-3-1;;/h1-11H;1-5H;1H;/q-1;;;+2/p-1. The van der Waals surface area contributed by atoms with E-state index < -0.39 is 23.5 Å². The van der Waals surface area contributed by atoms with Gasteiger partial charge in [0.05, 0.1) is 16.6 Å². The van der Waals surface area contributed by atoms with Crippen molar-refractivity contribution in [1.29, 1.82) is 0 Å². The molecule has 0 fully saturated rings. The largest absolute Gasteiger partial charge is 0.265 e. The molecule has 0 aliphatic carbocycles. The molecule has 0 bridgehead atoms. The fourth-order valence-electron chi connectivity index (χ4n) is 3.36. The summed E-state index contributed by atoms with van der Waals surface area (Å²) < 4.78 is 82.6. The van der Waals surface area contributed by atoms with Crippen LogP contribution >= 0.6 is 21.5 Å². The molecule has 3 aromatic carbocycles. The molecular formula is C26H16ClF6N3PdS. The van der Waals surface area contributed by atoms with Crippen molar-refractivity contribution < 1.29 is 44.5 Å². The zero-order chi connectivity index (χ0) is 27.8. The maximum atomic E-state index is 13.1. The summed E-state index contributed by atoms with van der Waals surface area (Å²) >= 11 is 2.78. The first kappa shape index (κ1) is 29.7. The predicted octanol–water partition coefficient (Wildman–Crippen LogP) is 9.91. The van der Waals surface area contributed by atoms with Gasteiger partial charge in [-0.2, -0.15) is 26.3 Å². The van der Waals surface area contributed by atoms with Crippen molar-refractivity contribution in [3.05, 3.63) is 113 Å². The normalized spacial score (nSPS) is 11.3. The summed E-state index contributed by atoms with van der Waals surface area (Å²) in [6, 6.07) is 19.7. The van der Waals surface area contributed by atoms with E-state index in [1.165, 1.54) is 0 Å². The molecule has 5 rings (SSSR count). The van der Waals surface area contributed by atoms with Crippen LogP contribution in [-0.2, 0) is 30.5 Å². The van der Waals surface area contributed by atoms with Crippen molar-refractivity contribution in [2.24, 2.45) is 0 Å². The van der Waals surface area contributed by atoms with Gasteiger partial charge in [0.1, 0.15) is 0 Å². The average Bonchev–Trinajstić information content (AvgIpc) is 2.93. The van der Waals surface area contributed by atoms with Crippen molar-refractivity contribution >= 4 is 48.8 Å². The van der Waals surface area contributed by atoms with Crippen LogP contribution in [0, 0.1) is 0 Å². The van der Waals surface area contributed by atoms with Gasteiger partial charge in [0.15, 0.2) is 0 Å². The second-order valence-corrected chi connectivity index (χ2v) is 8.30. The third-order valence-electron chi connectivity index (χ3n) is 4.97. The number of pyridine rings is 2. The fourth-order valence-corrected chi connectivity index (χ4v) is 4.08. The van der Waals surface area contributed by atoms with E-state index in [2.05, 4.69) is 42.4 Å². The first-order valence-corrected chi connectivity index (χ1v) is 13.3. The molecule has 0 N–H and O–H groups in total. The summed E-state index contributed by atoms with van der Waals surface area (Å²) in [6.45, 7) is 0. The van der Waals surface area contributed by atoms with Gasteiger partial charge in [0, 0.05) is 24.0 Å². The summed E-state index contributed by atoms with van der Waals surface area (Å²) in [4.78, 5) is 7.87. The van der Waals surface area contributed by atoms with E-state index in [4.69, 9.17) is 0 Å². The number of hydrogen-bond acceptors (Lipinski definition) is 3. The summed E-state index contributed by atoms with van der Waals surface area (Å²) in [5.41, 5.74) is -1.69. The zero-order valence-corrected chi connectivity index (χ0v) is 22.1. The van der Waals surface area contributed by atoms with E-state index in [-0.39, 0.29) is 11.0 Å². The van der Waals surface area contributed by atoms with Crippen molar-refractivity contribution in [3.63, 3.8) is 0 Å². The molecule has 5 aromatic rings. The van der Waals surface area contributed by atoms with E-state index in [0.717, 1.165) is 10.8 Å². The molecule has 0 unspecified atom stereocenters. The molecule has 200 valence electrons. The first-order chi connectivity index (χ1) is 18.1. The smallest absolute Gasteiger partial charge is 0.0267 e. The number of alkyl halides is 6. The molecule has 0 atom stereocenters.